The van der Waals surface area contributed by atoms with Crippen LogP contribution in [0.2, 0.25) is 0 Å². The molecule has 0 saturated heterocycles. The summed E-state index contributed by atoms with van der Waals surface area (Å²) >= 11 is 13.1. The second-order valence-corrected chi connectivity index (χ2v) is 15.2. The average molecular weight is 720 g/mol. The van der Waals surface area contributed by atoms with Crippen molar-refractivity contribution in [3.05, 3.63) is 94.5 Å². The number of allylic oxidation sites excluding steroid dienone is 1. The number of para-hydroxylation sites is 1. The molecule has 3 aromatic rings. The first kappa shape index (κ1) is 38.5. The minimum absolute atomic E-state index is 0.0175. The van der Waals surface area contributed by atoms with E-state index in [1.54, 1.807) is 49.0 Å². The van der Waals surface area contributed by atoms with Crippen LogP contribution >= 0.6 is 42.7 Å². The molecule has 1 aliphatic rings. The van der Waals surface area contributed by atoms with Crippen molar-refractivity contribution in [2.45, 2.75) is 58.6 Å². The Morgan fingerprint density at radius 2 is 1.74 bits per heavy atom. The zero-order chi connectivity index (χ0) is 34.8. The lowest BCUT2D eigenvalue weighted by Crippen LogP contribution is -2.23. The summed E-state index contributed by atoms with van der Waals surface area (Å²) in [6.45, 7) is 11.8. The number of ether oxygens (including phenoxy) is 2. The summed E-state index contributed by atoms with van der Waals surface area (Å²) in [6.07, 6.45) is 2.64. The number of carbonyl (C=O) groups excluding carboxylic acids is 1. The van der Waals surface area contributed by atoms with E-state index in [0.29, 0.717) is 29.4 Å². The van der Waals surface area contributed by atoms with Crippen LogP contribution in [0.15, 0.2) is 88.3 Å². The van der Waals surface area contributed by atoms with E-state index >= 15 is 0 Å². The maximum absolute atomic E-state index is 12.6. The SMILES string of the molecule is CC1(C)C(C=C(Cl)Cl)C1C(=O)OC(C#N)c1cccc(Oc2ccccc2)c1.CCOP(=O)(NC(C)C)Oc1ccc(SC)c(C)c1. The number of carbonyl (C=O) groups is 1. The van der Waals surface area contributed by atoms with E-state index in [1.165, 1.54) is 4.90 Å². The molecule has 1 saturated carbocycles. The van der Waals surface area contributed by atoms with Crippen LogP contribution in [0.1, 0.15) is 51.8 Å². The van der Waals surface area contributed by atoms with Crippen molar-refractivity contribution in [1.82, 2.24) is 5.09 Å². The van der Waals surface area contributed by atoms with Gasteiger partial charge in [-0.25, -0.2) is 9.65 Å². The predicted molar refractivity (Wildman–Crippen MR) is 189 cm³/mol. The Morgan fingerprint density at radius 1 is 1.06 bits per heavy atom. The fraction of sp³-hybridized carbons (Fsp3) is 0.371. The van der Waals surface area contributed by atoms with E-state index in [1.807, 2.05) is 95.5 Å². The van der Waals surface area contributed by atoms with E-state index in [9.17, 15) is 14.6 Å². The van der Waals surface area contributed by atoms with Gasteiger partial charge in [-0.3, -0.25) is 9.32 Å². The Kier molecular flexibility index (Phi) is 14.3. The zero-order valence-electron chi connectivity index (χ0n) is 27.5. The number of hydrogen-bond donors (Lipinski definition) is 1. The second kappa shape index (κ2) is 17.4. The number of esters is 1. The summed E-state index contributed by atoms with van der Waals surface area (Å²) < 4.78 is 34.7. The predicted octanol–water partition coefficient (Wildman–Crippen LogP) is 10.4. The molecule has 1 N–H and O–H groups in total. The van der Waals surface area contributed by atoms with Crippen LogP contribution < -0.4 is 14.3 Å². The Balaban J connectivity index is 0.000000277. The van der Waals surface area contributed by atoms with Gasteiger partial charge in [0.1, 0.15) is 27.8 Å². The fourth-order valence-electron chi connectivity index (χ4n) is 4.92. The van der Waals surface area contributed by atoms with E-state index < -0.39 is 19.8 Å². The third-order valence-electron chi connectivity index (χ3n) is 7.27. The largest absolute Gasteiger partial charge is 0.458 e. The summed E-state index contributed by atoms with van der Waals surface area (Å²) in [5.74, 6) is 0.845. The van der Waals surface area contributed by atoms with Crippen molar-refractivity contribution >= 4 is 48.7 Å². The molecule has 3 aromatic carbocycles. The standard InChI is InChI=1S/C22H19Cl2NO3.C13H22NO3PS/c1-22(2)17(12-19(23)24)20(22)21(26)28-18(13-25)14-7-6-10-16(11-14)27-15-8-4-3-5-9-15;1-6-16-18(15,14-10(2)3)17-12-7-8-13(19-5)11(4)9-12/h3-12,17-18,20H,1-2H3;7-10H,6H2,1-5H3,(H,14,15). The second-order valence-electron chi connectivity index (χ2n) is 11.6. The van der Waals surface area contributed by atoms with Crippen molar-refractivity contribution in [2.24, 2.45) is 17.3 Å². The normalized spacial score (nSPS) is 18.0. The Hall–Kier alpha value is -2.96. The number of nitrogens with one attached hydrogen (secondary N) is 1. The molecule has 8 nitrogen and oxygen atoms in total. The molecule has 252 valence electrons. The van der Waals surface area contributed by atoms with Crippen molar-refractivity contribution < 1.29 is 27.9 Å². The minimum Gasteiger partial charge on any atom is -0.457 e. The molecule has 0 bridgehead atoms. The molecule has 0 spiro atoms. The van der Waals surface area contributed by atoms with Crippen LogP contribution in [-0.4, -0.2) is 24.9 Å². The third-order valence-corrected chi connectivity index (χ3v) is 10.3. The molecular weight excluding hydrogens is 678 g/mol. The van der Waals surface area contributed by atoms with Gasteiger partial charge in [-0.1, -0.05) is 67.4 Å². The van der Waals surface area contributed by atoms with Gasteiger partial charge in [0.05, 0.1) is 12.5 Å². The lowest BCUT2D eigenvalue weighted by molar-refractivity contribution is -0.149. The highest BCUT2D eigenvalue weighted by Crippen LogP contribution is 2.60. The van der Waals surface area contributed by atoms with Crippen molar-refractivity contribution in [1.29, 1.82) is 5.26 Å². The molecule has 0 radical (unpaired) electrons. The van der Waals surface area contributed by atoms with Crippen LogP contribution in [0.25, 0.3) is 0 Å². The first-order valence-electron chi connectivity index (χ1n) is 15.0. The van der Waals surface area contributed by atoms with Crippen molar-refractivity contribution in [3.63, 3.8) is 0 Å². The topological polar surface area (TPSA) is 107 Å². The number of benzene rings is 3. The van der Waals surface area contributed by atoms with Gasteiger partial charge in [0.2, 0.25) is 6.10 Å². The van der Waals surface area contributed by atoms with Crippen LogP contribution in [-0.2, 0) is 18.6 Å². The smallest absolute Gasteiger partial charge is 0.457 e. The molecule has 0 heterocycles. The average Bonchev–Trinajstić information content (AvgIpc) is 3.54. The number of nitrogens with zero attached hydrogens (tertiary/aromatic N) is 1. The van der Waals surface area contributed by atoms with Crippen LogP contribution in [0.5, 0.6) is 17.2 Å². The Labute approximate surface area is 292 Å². The lowest BCUT2D eigenvalue weighted by Gasteiger charge is -2.21. The van der Waals surface area contributed by atoms with E-state index in [0.717, 1.165) is 5.56 Å². The number of rotatable bonds is 13. The summed E-state index contributed by atoms with van der Waals surface area (Å²) in [7, 11) is -3.30. The highest BCUT2D eigenvalue weighted by Gasteiger charge is 2.62. The molecule has 1 aliphatic carbocycles. The van der Waals surface area contributed by atoms with Gasteiger partial charge >= 0.3 is 13.7 Å². The highest BCUT2D eigenvalue weighted by atomic mass is 35.5. The van der Waals surface area contributed by atoms with Crippen LogP contribution in [0, 0.1) is 35.5 Å². The third kappa shape index (κ3) is 11.3. The van der Waals surface area contributed by atoms with Gasteiger partial charge < -0.3 is 14.0 Å². The maximum Gasteiger partial charge on any atom is 0.458 e. The molecule has 0 aromatic heterocycles. The summed E-state index contributed by atoms with van der Waals surface area (Å²) in [4.78, 5) is 13.8. The van der Waals surface area contributed by atoms with Gasteiger partial charge in [0, 0.05) is 16.5 Å². The molecule has 1 fully saturated rings. The summed E-state index contributed by atoms with van der Waals surface area (Å²) in [6, 6.07) is 24.0. The first-order chi connectivity index (χ1) is 22.2. The van der Waals surface area contributed by atoms with Gasteiger partial charge in [-0.15, -0.1) is 11.8 Å². The lowest BCUT2D eigenvalue weighted by atomic mass is 10.1. The molecule has 0 aliphatic heterocycles. The Bertz CT molecular complexity index is 1630. The first-order valence-corrected chi connectivity index (χ1v) is 18.6. The van der Waals surface area contributed by atoms with E-state index in [-0.39, 0.29) is 27.8 Å². The minimum atomic E-state index is -3.30. The van der Waals surface area contributed by atoms with Gasteiger partial charge in [-0.2, -0.15) is 5.26 Å². The number of thioether (sulfide) groups is 1. The molecule has 4 atom stereocenters. The maximum atomic E-state index is 12.6. The number of halogens is 2. The monoisotopic (exact) mass is 718 g/mol. The molecule has 4 rings (SSSR count). The Morgan fingerprint density at radius 3 is 2.32 bits per heavy atom. The molecular formula is C35H41Cl2N2O6PS. The zero-order valence-corrected chi connectivity index (χ0v) is 30.8. The van der Waals surface area contributed by atoms with Crippen molar-refractivity contribution in [3.8, 4) is 23.3 Å². The van der Waals surface area contributed by atoms with Gasteiger partial charge in [0.25, 0.3) is 0 Å². The molecule has 4 unspecified atom stereocenters. The number of aryl methyl sites for hydroxylation is 1. The van der Waals surface area contributed by atoms with Crippen LogP contribution in [0.3, 0.4) is 0 Å². The van der Waals surface area contributed by atoms with Crippen LogP contribution in [0.4, 0.5) is 0 Å². The van der Waals surface area contributed by atoms with E-state index in [2.05, 4.69) is 5.09 Å². The summed E-state index contributed by atoms with van der Waals surface area (Å²) in [5.41, 5.74) is 1.33. The molecule has 47 heavy (non-hydrogen) atoms. The van der Waals surface area contributed by atoms with Gasteiger partial charge in [-0.05, 0) is 99.4 Å². The quantitative estimate of drug-likeness (QED) is 0.105. The summed E-state index contributed by atoms with van der Waals surface area (Å²) in [5, 5.41) is 12.4. The number of nitriles is 1. The molecule has 0 amide bonds. The van der Waals surface area contributed by atoms with Crippen molar-refractivity contribution in [2.75, 3.05) is 12.9 Å². The number of hydrogen-bond acceptors (Lipinski definition) is 8. The molecule has 12 heteroatoms. The highest BCUT2D eigenvalue weighted by molar-refractivity contribution is 7.98. The fourth-order valence-corrected chi connectivity index (χ4v) is 7.32. The van der Waals surface area contributed by atoms with E-state index in [4.69, 9.17) is 41.7 Å². The van der Waals surface area contributed by atoms with Gasteiger partial charge in [0.15, 0.2) is 0 Å².